The Bertz CT molecular complexity index is 2220. The van der Waals surface area contributed by atoms with E-state index in [0.717, 1.165) is 86.4 Å². The Labute approximate surface area is 330 Å². The minimum Gasteiger partial charge on any atom is -0.378 e. The van der Waals surface area contributed by atoms with Crippen molar-refractivity contribution in [3.05, 3.63) is 77.2 Å². The molecule has 15 nitrogen and oxygen atoms in total. The van der Waals surface area contributed by atoms with E-state index in [1.807, 2.05) is 18.2 Å². The van der Waals surface area contributed by atoms with E-state index in [1.54, 1.807) is 30.6 Å². The average molecular weight is 774 g/mol. The van der Waals surface area contributed by atoms with E-state index in [-0.39, 0.29) is 24.9 Å². The van der Waals surface area contributed by atoms with Crippen LogP contribution in [0.3, 0.4) is 0 Å². The van der Waals surface area contributed by atoms with Crippen LogP contribution in [0.4, 0.5) is 17.3 Å². The van der Waals surface area contributed by atoms with Gasteiger partial charge in [0.1, 0.15) is 17.7 Å². The van der Waals surface area contributed by atoms with Gasteiger partial charge >= 0.3 is 0 Å². The first kappa shape index (κ1) is 36.9. The first-order valence-corrected chi connectivity index (χ1v) is 20.1. The minimum atomic E-state index is -0.985. The van der Waals surface area contributed by atoms with Gasteiger partial charge in [0.25, 0.3) is 17.7 Å². The lowest BCUT2D eigenvalue weighted by Crippen LogP contribution is -2.54. The van der Waals surface area contributed by atoms with Gasteiger partial charge in [-0.25, -0.2) is 9.97 Å². The van der Waals surface area contributed by atoms with Crippen molar-refractivity contribution < 1.29 is 28.7 Å². The molecular weight excluding hydrogens is 727 g/mol. The Kier molecular flexibility index (Phi) is 9.95. The quantitative estimate of drug-likeness (QED) is 0.207. The third kappa shape index (κ3) is 7.25. The molecule has 5 amide bonds. The zero-order valence-electron chi connectivity index (χ0n) is 32.0. The maximum atomic E-state index is 13.6. The molecule has 0 bridgehead atoms. The molecule has 2 atom stereocenters. The van der Waals surface area contributed by atoms with Crippen LogP contribution in [0.15, 0.2) is 54.9 Å². The van der Waals surface area contributed by atoms with Crippen LogP contribution in [-0.4, -0.2) is 113 Å². The lowest BCUT2D eigenvalue weighted by atomic mass is 9.96. The van der Waals surface area contributed by atoms with Gasteiger partial charge in [0.05, 0.1) is 34.0 Å². The highest BCUT2D eigenvalue weighted by Gasteiger charge is 2.46. The van der Waals surface area contributed by atoms with Crippen molar-refractivity contribution in [3.8, 4) is 0 Å². The summed E-state index contributed by atoms with van der Waals surface area (Å²) in [6.07, 6.45) is 9.64. The van der Waals surface area contributed by atoms with E-state index in [2.05, 4.69) is 53.4 Å². The summed E-state index contributed by atoms with van der Waals surface area (Å²) in [5, 5.41) is 6.21. The summed E-state index contributed by atoms with van der Waals surface area (Å²) >= 11 is 0. The van der Waals surface area contributed by atoms with Crippen LogP contribution in [0.1, 0.15) is 94.2 Å². The molecule has 4 fully saturated rings. The van der Waals surface area contributed by atoms with E-state index in [0.29, 0.717) is 46.8 Å². The molecule has 4 aromatic rings. The number of nitrogens with zero attached hydrogens (tertiary/aromatic N) is 6. The van der Waals surface area contributed by atoms with Gasteiger partial charge in [-0.2, -0.15) is 0 Å². The van der Waals surface area contributed by atoms with Gasteiger partial charge in [-0.05, 0) is 94.8 Å². The van der Waals surface area contributed by atoms with Gasteiger partial charge in [-0.15, -0.1) is 0 Å². The Morgan fingerprint density at radius 2 is 1.67 bits per heavy atom. The highest BCUT2D eigenvalue weighted by Crippen LogP contribution is 2.36. The van der Waals surface area contributed by atoms with Crippen LogP contribution in [-0.2, 0) is 14.3 Å². The number of fused-ring (bicyclic) bond motifs is 2. The maximum Gasteiger partial charge on any atom is 0.264 e. The fourth-order valence-corrected chi connectivity index (χ4v) is 9.12. The van der Waals surface area contributed by atoms with Crippen molar-refractivity contribution in [1.82, 2.24) is 30.1 Å². The molecule has 1 aromatic carbocycles. The number of piperidine rings is 3. The van der Waals surface area contributed by atoms with Crippen LogP contribution < -0.4 is 20.4 Å². The monoisotopic (exact) mass is 773 g/mol. The molecule has 57 heavy (non-hydrogen) atoms. The van der Waals surface area contributed by atoms with Gasteiger partial charge in [-0.1, -0.05) is 6.07 Å². The SMILES string of the molecule is CN1CCC[C@@H]1c1cc2cnc(NC(=O)c3ccc(N4CCC(OCC5CCN(c6cccc7c6C(=O)N(C6CCC(=O)NC6=O)C7=O)CC5)CC4)nc3)cc2[nH]1. The number of benzene rings is 1. The summed E-state index contributed by atoms with van der Waals surface area (Å²) in [7, 11) is 2.15. The van der Waals surface area contributed by atoms with Gasteiger partial charge < -0.3 is 24.8 Å². The van der Waals surface area contributed by atoms with E-state index in [1.165, 1.54) is 12.1 Å². The fraction of sp³-hybridized carbons (Fsp3) is 0.452. The largest absolute Gasteiger partial charge is 0.378 e. The first-order valence-electron chi connectivity index (χ1n) is 20.1. The Balaban J connectivity index is 0.729. The number of amides is 5. The number of hydrogen-bond acceptors (Lipinski definition) is 11. The number of nitrogens with one attached hydrogen (secondary N) is 3. The zero-order valence-corrected chi connectivity index (χ0v) is 32.0. The van der Waals surface area contributed by atoms with Crippen molar-refractivity contribution in [2.75, 3.05) is 61.5 Å². The molecule has 0 saturated carbocycles. The van der Waals surface area contributed by atoms with Crippen LogP contribution >= 0.6 is 0 Å². The summed E-state index contributed by atoms with van der Waals surface area (Å²) in [6.45, 7) is 4.82. The number of aromatic amines is 1. The number of pyridine rings is 2. The number of imide groups is 2. The molecule has 0 spiro atoms. The molecule has 296 valence electrons. The van der Waals surface area contributed by atoms with E-state index in [4.69, 9.17) is 4.74 Å². The zero-order chi connectivity index (χ0) is 39.2. The van der Waals surface area contributed by atoms with Crippen molar-refractivity contribution in [2.24, 2.45) is 5.92 Å². The molecule has 9 rings (SSSR count). The Morgan fingerprint density at radius 1 is 0.860 bits per heavy atom. The summed E-state index contributed by atoms with van der Waals surface area (Å²) in [6, 6.07) is 12.4. The fourth-order valence-electron chi connectivity index (χ4n) is 9.12. The normalized spacial score (nSPS) is 22.4. The van der Waals surface area contributed by atoms with Crippen LogP contribution in [0.25, 0.3) is 10.9 Å². The van der Waals surface area contributed by atoms with Gasteiger partial charge in [0.15, 0.2) is 0 Å². The third-order valence-corrected chi connectivity index (χ3v) is 12.4. The Hall–Kier alpha value is -5.67. The third-order valence-electron chi connectivity index (χ3n) is 12.4. The lowest BCUT2D eigenvalue weighted by molar-refractivity contribution is -0.136. The standard InChI is InChI=1S/C42H47N9O6/c1-48-15-3-6-32(48)31-20-27-23-43-35(21-30(27)45-31)46-39(53)26-7-9-36(44-22-26)50-18-13-28(14-19-50)57-24-25-11-16-49(17-12-25)33-5-2-4-29-38(33)42(56)51(41(29)55)34-8-10-37(52)47-40(34)54/h2,4-5,7,9,20-23,25,28,32,34,45H,3,6,8,10-19,24H2,1H3,(H,43,46,53)(H,47,52,54)/t32-,34?/m1/s1. The van der Waals surface area contributed by atoms with E-state index >= 15 is 0 Å². The molecule has 5 aliphatic rings. The number of anilines is 3. The highest BCUT2D eigenvalue weighted by atomic mass is 16.5. The van der Waals surface area contributed by atoms with Crippen LogP contribution in [0.2, 0.25) is 0 Å². The number of rotatable bonds is 9. The minimum absolute atomic E-state index is 0.0871. The summed E-state index contributed by atoms with van der Waals surface area (Å²) < 4.78 is 6.42. The number of H-pyrrole nitrogens is 1. The summed E-state index contributed by atoms with van der Waals surface area (Å²) in [5.74, 6) is -0.520. The second kappa shape index (κ2) is 15.3. The molecule has 3 aromatic heterocycles. The van der Waals surface area contributed by atoms with Gasteiger partial charge in [0.2, 0.25) is 11.8 Å². The van der Waals surface area contributed by atoms with Gasteiger partial charge in [-0.3, -0.25) is 39.1 Å². The number of aromatic nitrogens is 3. The molecule has 4 saturated heterocycles. The predicted octanol–water partition coefficient (Wildman–Crippen LogP) is 4.28. The smallest absolute Gasteiger partial charge is 0.264 e. The van der Waals surface area contributed by atoms with Crippen molar-refractivity contribution in [1.29, 1.82) is 0 Å². The highest BCUT2D eigenvalue weighted by molar-refractivity contribution is 6.25. The molecule has 0 aliphatic carbocycles. The van der Waals surface area contributed by atoms with Gasteiger partial charge in [0, 0.05) is 74.8 Å². The van der Waals surface area contributed by atoms with Crippen molar-refractivity contribution >= 4 is 57.8 Å². The number of ether oxygens (including phenoxy) is 1. The van der Waals surface area contributed by atoms with E-state index in [9.17, 15) is 24.0 Å². The Morgan fingerprint density at radius 3 is 2.40 bits per heavy atom. The second-order valence-electron chi connectivity index (χ2n) is 16.0. The predicted molar refractivity (Wildman–Crippen MR) is 212 cm³/mol. The molecule has 1 unspecified atom stereocenters. The molecular formula is C42H47N9O6. The number of carbonyl (C=O) groups is 5. The molecule has 3 N–H and O–H groups in total. The van der Waals surface area contributed by atoms with Crippen LogP contribution in [0.5, 0.6) is 0 Å². The molecule has 0 radical (unpaired) electrons. The number of hydrogen-bond donors (Lipinski definition) is 3. The molecule has 8 heterocycles. The molecule has 15 heteroatoms. The second-order valence-corrected chi connectivity index (χ2v) is 16.0. The van der Waals surface area contributed by atoms with Crippen molar-refractivity contribution in [3.63, 3.8) is 0 Å². The molecule has 5 aliphatic heterocycles. The van der Waals surface area contributed by atoms with E-state index < -0.39 is 29.7 Å². The summed E-state index contributed by atoms with van der Waals surface area (Å²) in [5.41, 5.74) is 3.95. The maximum absolute atomic E-state index is 13.6. The summed E-state index contributed by atoms with van der Waals surface area (Å²) in [4.78, 5) is 84.6. The lowest BCUT2D eigenvalue weighted by Gasteiger charge is -2.36. The first-order chi connectivity index (χ1) is 27.7. The number of carbonyl (C=O) groups excluding carboxylic acids is 5. The topological polar surface area (TPSA) is 173 Å². The van der Waals surface area contributed by atoms with Crippen molar-refractivity contribution in [2.45, 2.75) is 69.6 Å². The van der Waals surface area contributed by atoms with Crippen LogP contribution in [0, 0.1) is 5.92 Å². The average Bonchev–Trinajstić information content (AvgIpc) is 3.92. The number of likely N-dealkylation sites (tertiary alicyclic amines) is 1.